The number of aliphatic hydroxyl groups is 4. The zero-order chi connectivity index (χ0) is 12.6. The normalized spacial score (nSPS) is 42.7. The maximum absolute atomic E-state index is 11.6. The number of carbonyl (C=O) groups is 1. The van der Waals surface area contributed by atoms with Gasteiger partial charge in [-0.3, -0.25) is 4.90 Å². The quantitative estimate of drug-likeness (QED) is 0.359. The van der Waals surface area contributed by atoms with Crippen LogP contribution in [0.1, 0.15) is 6.42 Å². The van der Waals surface area contributed by atoms with Crippen LogP contribution >= 0.6 is 0 Å². The van der Waals surface area contributed by atoms with Crippen LogP contribution in [0.15, 0.2) is 0 Å². The summed E-state index contributed by atoms with van der Waals surface area (Å²) < 4.78 is 5.21. The second-order valence-electron chi connectivity index (χ2n) is 4.18. The van der Waals surface area contributed by atoms with Crippen molar-refractivity contribution >= 4 is 6.03 Å². The highest BCUT2D eigenvalue weighted by molar-refractivity contribution is 5.75. The van der Waals surface area contributed by atoms with Crippen molar-refractivity contribution in [3.05, 3.63) is 0 Å². The highest BCUT2D eigenvalue weighted by atomic mass is 16.6. The Labute approximate surface area is 97.4 Å². The SMILES string of the molecule is O=C1NC(O)CCN1[C@@H]1O[C@H](CO)[C@@H](O)C1O. The number of urea groups is 1. The monoisotopic (exact) mass is 248 g/mol. The van der Waals surface area contributed by atoms with Crippen LogP contribution in [0.25, 0.3) is 0 Å². The first-order valence-electron chi connectivity index (χ1n) is 5.42. The Hall–Kier alpha value is -0.930. The Morgan fingerprint density at radius 2 is 2.06 bits per heavy atom. The summed E-state index contributed by atoms with van der Waals surface area (Å²) in [6.45, 7) is -0.230. The van der Waals surface area contributed by atoms with Gasteiger partial charge in [-0.2, -0.15) is 0 Å². The van der Waals surface area contributed by atoms with Crippen molar-refractivity contribution in [3.63, 3.8) is 0 Å². The van der Waals surface area contributed by atoms with Crippen LogP contribution in [-0.4, -0.2) is 75.3 Å². The molecule has 2 amide bonds. The van der Waals surface area contributed by atoms with Crippen LogP contribution in [0.4, 0.5) is 4.79 Å². The topological polar surface area (TPSA) is 122 Å². The molecular formula is C9H16N2O6. The molecule has 0 saturated carbocycles. The molecule has 2 heterocycles. The van der Waals surface area contributed by atoms with E-state index in [1.807, 2.05) is 0 Å². The van der Waals surface area contributed by atoms with Crippen molar-refractivity contribution in [2.24, 2.45) is 0 Å². The lowest BCUT2D eigenvalue weighted by atomic mass is 10.1. The molecule has 2 aliphatic heterocycles. The minimum absolute atomic E-state index is 0.208. The molecule has 0 spiro atoms. The van der Waals surface area contributed by atoms with Gasteiger partial charge in [-0.25, -0.2) is 4.79 Å². The van der Waals surface area contributed by atoms with Gasteiger partial charge < -0.3 is 30.5 Å². The Morgan fingerprint density at radius 1 is 1.35 bits per heavy atom. The minimum Gasteiger partial charge on any atom is -0.394 e. The lowest BCUT2D eigenvalue weighted by Crippen LogP contribution is -2.57. The van der Waals surface area contributed by atoms with Crippen LogP contribution < -0.4 is 5.32 Å². The van der Waals surface area contributed by atoms with Crippen molar-refractivity contribution in [3.8, 4) is 0 Å². The van der Waals surface area contributed by atoms with E-state index >= 15 is 0 Å². The van der Waals surface area contributed by atoms with Gasteiger partial charge in [0.1, 0.15) is 24.5 Å². The molecule has 0 aliphatic carbocycles. The predicted molar refractivity (Wildman–Crippen MR) is 53.6 cm³/mol. The van der Waals surface area contributed by atoms with Crippen molar-refractivity contribution in [1.29, 1.82) is 0 Å². The fourth-order valence-electron chi connectivity index (χ4n) is 2.04. The van der Waals surface area contributed by atoms with E-state index in [0.717, 1.165) is 0 Å². The lowest BCUT2D eigenvalue weighted by Gasteiger charge is -2.35. The summed E-state index contributed by atoms with van der Waals surface area (Å²) in [5.74, 6) is 0. The average molecular weight is 248 g/mol. The third-order valence-corrected chi connectivity index (χ3v) is 3.02. The summed E-state index contributed by atoms with van der Waals surface area (Å²) in [7, 11) is 0. The van der Waals surface area contributed by atoms with Crippen LogP contribution in [0.3, 0.4) is 0 Å². The zero-order valence-corrected chi connectivity index (χ0v) is 9.06. The van der Waals surface area contributed by atoms with Crippen LogP contribution in [0, 0.1) is 0 Å². The molecule has 5 atom stereocenters. The molecule has 2 saturated heterocycles. The number of ether oxygens (including phenoxy) is 1. The number of amides is 2. The molecule has 0 radical (unpaired) electrons. The van der Waals surface area contributed by atoms with Crippen LogP contribution in [0.2, 0.25) is 0 Å². The second kappa shape index (κ2) is 4.75. The van der Waals surface area contributed by atoms with Gasteiger partial charge in [-0.1, -0.05) is 0 Å². The minimum atomic E-state index is -1.27. The maximum Gasteiger partial charge on any atom is 0.321 e. The Bertz CT molecular complexity index is 301. The number of hydrogen-bond acceptors (Lipinski definition) is 6. The number of rotatable bonds is 2. The lowest BCUT2D eigenvalue weighted by molar-refractivity contribution is -0.0893. The molecule has 2 unspecified atom stereocenters. The number of nitrogens with one attached hydrogen (secondary N) is 1. The van der Waals surface area contributed by atoms with E-state index < -0.39 is 43.4 Å². The van der Waals surface area contributed by atoms with Gasteiger partial charge in [0.15, 0.2) is 6.23 Å². The summed E-state index contributed by atoms with van der Waals surface area (Å²) in [5.41, 5.74) is 0. The van der Waals surface area contributed by atoms with Crippen LogP contribution in [-0.2, 0) is 4.74 Å². The molecule has 5 N–H and O–H groups in total. The number of hydrogen-bond donors (Lipinski definition) is 5. The van der Waals surface area contributed by atoms with Gasteiger partial charge in [0.05, 0.1) is 6.61 Å². The zero-order valence-electron chi connectivity index (χ0n) is 9.06. The fourth-order valence-corrected chi connectivity index (χ4v) is 2.04. The van der Waals surface area contributed by atoms with Crippen LogP contribution in [0.5, 0.6) is 0 Å². The molecule has 8 nitrogen and oxygen atoms in total. The average Bonchev–Trinajstić information content (AvgIpc) is 2.57. The molecule has 0 aromatic carbocycles. The first-order chi connectivity index (χ1) is 8.04. The largest absolute Gasteiger partial charge is 0.394 e. The van der Waals surface area contributed by atoms with Crippen molar-refractivity contribution < 1.29 is 30.0 Å². The first-order valence-corrected chi connectivity index (χ1v) is 5.42. The molecule has 8 heteroatoms. The Kier molecular flexibility index (Phi) is 3.50. The van der Waals surface area contributed by atoms with Gasteiger partial charge in [0.2, 0.25) is 0 Å². The van der Waals surface area contributed by atoms with Gasteiger partial charge in [0.25, 0.3) is 0 Å². The fraction of sp³-hybridized carbons (Fsp3) is 0.889. The Morgan fingerprint density at radius 3 is 2.59 bits per heavy atom. The van der Waals surface area contributed by atoms with Crippen molar-refractivity contribution in [2.45, 2.75) is 37.2 Å². The van der Waals surface area contributed by atoms with E-state index in [1.165, 1.54) is 4.90 Å². The summed E-state index contributed by atoms with van der Waals surface area (Å²) in [6.07, 6.45) is -5.02. The molecule has 2 fully saturated rings. The maximum atomic E-state index is 11.6. The molecule has 0 bridgehead atoms. The third-order valence-electron chi connectivity index (χ3n) is 3.02. The van der Waals surface area contributed by atoms with Gasteiger partial charge >= 0.3 is 6.03 Å². The van der Waals surface area contributed by atoms with E-state index in [0.29, 0.717) is 6.42 Å². The molecular weight excluding hydrogens is 232 g/mol. The summed E-state index contributed by atoms with van der Waals surface area (Å²) in [4.78, 5) is 12.7. The smallest absolute Gasteiger partial charge is 0.321 e. The predicted octanol–water partition coefficient (Wildman–Crippen LogP) is -2.84. The van der Waals surface area contributed by atoms with E-state index in [1.54, 1.807) is 0 Å². The van der Waals surface area contributed by atoms with Gasteiger partial charge in [-0.15, -0.1) is 0 Å². The number of aliphatic hydroxyl groups excluding tert-OH is 4. The van der Waals surface area contributed by atoms with E-state index in [9.17, 15) is 20.1 Å². The summed E-state index contributed by atoms with van der Waals surface area (Å²) in [6, 6.07) is -0.571. The van der Waals surface area contributed by atoms with E-state index in [4.69, 9.17) is 9.84 Å². The standard InChI is InChI=1S/C9H16N2O6/c12-3-4-6(14)7(15)8(17-4)11-2-1-5(13)10-9(11)16/h4-8,12-15H,1-3H2,(H,10,16)/t4-,5?,6-,7?,8-/m1/s1. The molecule has 2 aliphatic rings. The molecule has 0 aromatic heterocycles. The molecule has 0 aromatic rings. The van der Waals surface area contributed by atoms with Crippen molar-refractivity contribution in [2.75, 3.05) is 13.2 Å². The molecule has 17 heavy (non-hydrogen) atoms. The number of carbonyl (C=O) groups excluding carboxylic acids is 1. The second-order valence-corrected chi connectivity index (χ2v) is 4.18. The number of nitrogens with zero attached hydrogens (tertiary/aromatic N) is 1. The highest BCUT2D eigenvalue weighted by Crippen LogP contribution is 2.25. The van der Waals surface area contributed by atoms with Gasteiger partial charge in [0, 0.05) is 13.0 Å². The van der Waals surface area contributed by atoms with Gasteiger partial charge in [-0.05, 0) is 0 Å². The first kappa shape index (κ1) is 12.5. The molecule has 2 rings (SSSR count). The Balaban J connectivity index is 2.05. The van der Waals surface area contributed by atoms with E-state index in [2.05, 4.69) is 5.32 Å². The van der Waals surface area contributed by atoms with E-state index in [-0.39, 0.29) is 6.54 Å². The summed E-state index contributed by atoms with van der Waals surface area (Å²) in [5, 5.41) is 39.7. The van der Waals surface area contributed by atoms with Crippen molar-refractivity contribution in [1.82, 2.24) is 10.2 Å². The molecule has 98 valence electrons. The summed E-state index contributed by atoms with van der Waals surface area (Å²) >= 11 is 0. The highest BCUT2D eigenvalue weighted by Gasteiger charge is 2.47. The third kappa shape index (κ3) is 2.22.